The highest BCUT2D eigenvalue weighted by molar-refractivity contribution is 5.98. The Hall–Kier alpha value is -8.78. The summed E-state index contributed by atoms with van der Waals surface area (Å²) in [7, 11) is 0. The Bertz CT molecular complexity index is 3090. The van der Waals surface area contributed by atoms with Crippen LogP contribution < -0.4 is 70.0 Å². The second-order valence-corrected chi connectivity index (χ2v) is 26.0. The summed E-state index contributed by atoms with van der Waals surface area (Å²) in [5.41, 5.74) is 13.3. The summed E-state index contributed by atoms with van der Waals surface area (Å²) in [5.74, 6) is -7.89. The van der Waals surface area contributed by atoms with Crippen molar-refractivity contribution in [3.63, 3.8) is 0 Å². The standard InChI is InChI=1S/C73H117N15O16/c1-3-5-7-8-9-10-11-12-13-14-18-33-62(90)78-37-39-101-41-43-103-49-64(92)79-38-40-102-42-44-104-50-65(93)82-56(28-6-4-2)67(95)84-57-31-23-34-63(91)77-35-22-21-30-55(66(74)94)83-71(99)60(46-52-47-81-54-29-20-19-27-53(52)54)87-68(96)58(32-24-36-80-73(75)76)85-70(98)59(45-51-25-16-15-17-26-51)86-72(100)61(48-89)88-69(57)97/h15-17,19-20,25-27,29,47,55-61,81,89H,3-14,18,21-24,28,30-46,48-50H2,1-2H3,(H2,74,94)(H,77,91)(H,78,90)(H,79,92)(H,82,93)(H,83,99)(H,84,95)(H,85,98)(H,86,100)(H,87,96)(H,88,97)(H4,75,76,80)/t55-,56-,57-,58-,59+,60-,61-/m0/s1. The summed E-state index contributed by atoms with van der Waals surface area (Å²) >= 11 is 0. The lowest BCUT2D eigenvalue weighted by Crippen LogP contribution is -2.61. The number of rotatable bonds is 44. The van der Waals surface area contributed by atoms with Crippen molar-refractivity contribution in [3.05, 3.63) is 71.9 Å². The fourth-order valence-electron chi connectivity index (χ4n) is 11.5. The summed E-state index contributed by atoms with van der Waals surface area (Å²) in [6.07, 6.45) is 17.1. The Morgan fingerprint density at radius 3 is 1.79 bits per heavy atom. The van der Waals surface area contributed by atoms with Gasteiger partial charge in [0.25, 0.3) is 0 Å². The molecule has 31 nitrogen and oxygen atoms in total. The number of H-pyrrole nitrogens is 1. The Labute approximate surface area is 610 Å². The first-order chi connectivity index (χ1) is 50.3. The van der Waals surface area contributed by atoms with Crippen molar-refractivity contribution in [1.29, 1.82) is 5.41 Å². The van der Waals surface area contributed by atoms with Gasteiger partial charge in [-0.25, -0.2) is 0 Å². The van der Waals surface area contributed by atoms with Crippen LogP contribution in [0.2, 0.25) is 0 Å². The van der Waals surface area contributed by atoms with E-state index in [9.17, 15) is 57.8 Å². The molecule has 104 heavy (non-hydrogen) atoms. The van der Waals surface area contributed by atoms with Crippen molar-refractivity contribution in [3.8, 4) is 0 Å². The number of carbonyl (C=O) groups is 11. The number of carbonyl (C=O) groups excluding carboxylic acids is 11. The van der Waals surface area contributed by atoms with Crippen molar-refractivity contribution in [1.82, 2.24) is 63.5 Å². The van der Waals surface area contributed by atoms with Crippen molar-refractivity contribution < 1.29 is 76.8 Å². The predicted molar refractivity (Wildman–Crippen MR) is 392 cm³/mol. The molecule has 3 aromatic rings. The molecular formula is C73H117N15O16. The third kappa shape index (κ3) is 37.6. The van der Waals surface area contributed by atoms with Gasteiger partial charge < -0.3 is 99.0 Å². The molecule has 0 aliphatic carbocycles. The van der Waals surface area contributed by atoms with Crippen molar-refractivity contribution in [2.24, 2.45) is 11.5 Å². The molecule has 11 amide bonds. The third-order valence-electron chi connectivity index (χ3n) is 17.4. The molecule has 0 spiro atoms. The van der Waals surface area contributed by atoms with Crippen LogP contribution in [0.25, 0.3) is 10.9 Å². The maximum absolute atomic E-state index is 14.7. The fourth-order valence-corrected chi connectivity index (χ4v) is 11.5. The molecule has 7 atom stereocenters. The molecule has 1 saturated heterocycles. The van der Waals surface area contributed by atoms with Crippen LogP contribution in [0.3, 0.4) is 0 Å². The smallest absolute Gasteiger partial charge is 0.246 e. The predicted octanol–water partition coefficient (Wildman–Crippen LogP) is 1.75. The quantitative estimate of drug-likeness (QED) is 0.0218. The van der Waals surface area contributed by atoms with Crippen LogP contribution in [0.5, 0.6) is 0 Å². The Balaban J connectivity index is 1.35. The van der Waals surface area contributed by atoms with Gasteiger partial charge in [-0.3, -0.25) is 58.1 Å². The second kappa shape index (κ2) is 53.1. The zero-order chi connectivity index (χ0) is 75.5. The molecule has 580 valence electrons. The van der Waals surface area contributed by atoms with Crippen molar-refractivity contribution in [2.75, 3.05) is 85.6 Å². The van der Waals surface area contributed by atoms with Crippen LogP contribution in [0.1, 0.15) is 173 Å². The van der Waals surface area contributed by atoms with E-state index in [1.807, 2.05) is 25.1 Å². The molecule has 31 heteroatoms. The Morgan fingerprint density at radius 1 is 0.567 bits per heavy atom. The molecule has 1 fully saturated rings. The third-order valence-corrected chi connectivity index (χ3v) is 17.4. The number of hydrogen-bond donors (Lipinski definition) is 16. The first-order valence-corrected chi connectivity index (χ1v) is 37.1. The van der Waals surface area contributed by atoms with E-state index in [1.54, 1.807) is 42.6 Å². The highest BCUT2D eigenvalue weighted by atomic mass is 16.5. The number of aliphatic hydroxyl groups excluding tert-OH is 1. The van der Waals surface area contributed by atoms with E-state index >= 15 is 0 Å². The van der Waals surface area contributed by atoms with Crippen molar-refractivity contribution in [2.45, 2.75) is 217 Å². The molecular weight excluding hydrogens is 1340 g/mol. The number of fused-ring (bicyclic) bond motifs is 1. The van der Waals surface area contributed by atoms with E-state index in [0.717, 1.165) is 30.2 Å². The minimum absolute atomic E-state index is 0.0104. The number of amides is 11. The topological polar surface area (TPSA) is 469 Å². The fraction of sp³-hybridized carbons (Fsp3) is 0.644. The van der Waals surface area contributed by atoms with Crippen LogP contribution in [0.4, 0.5) is 0 Å². The second-order valence-electron chi connectivity index (χ2n) is 26.0. The number of ether oxygens (including phenoxy) is 4. The van der Waals surface area contributed by atoms with Crippen LogP contribution in [-0.4, -0.2) is 209 Å². The van der Waals surface area contributed by atoms with Crippen LogP contribution in [0.15, 0.2) is 60.8 Å². The van der Waals surface area contributed by atoms with E-state index in [2.05, 4.69) is 70.4 Å². The number of aliphatic hydroxyl groups is 1. The number of benzene rings is 2. The van der Waals surface area contributed by atoms with Crippen molar-refractivity contribution >= 4 is 81.8 Å². The summed E-state index contributed by atoms with van der Waals surface area (Å²) < 4.78 is 21.9. The van der Waals surface area contributed by atoms with Gasteiger partial charge in [0.05, 0.1) is 46.2 Å². The van der Waals surface area contributed by atoms with Gasteiger partial charge >= 0.3 is 0 Å². The lowest BCUT2D eigenvalue weighted by molar-refractivity contribution is -0.136. The minimum atomic E-state index is -1.74. The van der Waals surface area contributed by atoms with E-state index in [0.29, 0.717) is 56.4 Å². The first-order valence-electron chi connectivity index (χ1n) is 37.1. The number of nitrogens with one attached hydrogen (secondary N) is 13. The molecule has 0 bridgehead atoms. The molecule has 18 N–H and O–H groups in total. The van der Waals surface area contributed by atoms with E-state index in [4.69, 9.17) is 35.8 Å². The van der Waals surface area contributed by atoms with Gasteiger partial charge in [-0.2, -0.15) is 0 Å². The number of para-hydroxylation sites is 1. The largest absolute Gasteiger partial charge is 0.394 e. The number of hydrogen-bond acceptors (Lipinski definition) is 17. The Morgan fingerprint density at radius 2 is 1.13 bits per heavy atom. The molecule has 0 unspecified atom stereocenters. The normalized spacial score (nSPS) is 18.7. The molecule has 0 saturated carbocycles. The SMILES string of the molecule is CCCCCCCCCCCCCC(=O)NCCOCCOCC(=O)NCCOCCOCC(=O)N[C@@H](CCCC)C(=O)N[C@H]1CCCC(=O)NCCCC[C@@H](C(N)=O)NC(=O)[C@H](Cc2c[nH]c3ccccc23)NC(=O)[C@H](CCCNC(=N)N)NC(=O)[C@@H](Cc2ccccc2)NC(=O)[C@H](CO)NC1=O. The maximum atomic E-state index is 14.7. The minimum Gasteiger partial charge on any atom is -0.394 e. The van der Waals surface area contributed by atoms with Gasteiger partial charge in [0.15, 0.2) is 5.96 Å². The van der Waals surface area contributed by atoms with Gasteiger partial charge in [-0.05, 0) is 75.0 Å². The zero-order valence-electron chi connectivity index (χ0n) is 60.9. The lowest BCUT2D eigenvalue weighted by Gasteiger charge is -2.28. The molecule has 1 aliphatic rings. The number of aromatic amines is 1. The Kier molecular flexibility index (Phi) is 44.7. The van der Waals surface area contributed by atoms with Gasteiger partial charge in [0, 0.05) is 69.0 Å². The average Bonchev–Trinajstić information content (AvgIpc) is 1.67. The highest BCUT2D eigenvalue weighted by Crippen LogP contribution is 2.20. The summed E-state index contributed by atoms with van der Waals surface area (Å²) in [6, 6.07) is 5.98. The van der Waals surface area contributed by atoms with E-state index in [-0.39, 0.29) is 135 Å². The number of unbranched alkanes of at least 4 members (excludes halogenated alkanes) is 11. The summed E-state index contributed by atoms with van der Waals surface area (Å²) in [5, 5.41) is 48.8. The molecule has 2 aromatic carbocycles. The maximum Gasteiger partial charge on any atom is 0.246 e. The van der Waals surface area contributed by atoms with Gasteiger partial charge in [-0.15, -0.1) is 0 Å². The lowest BCUT2D eigenvalue weighted by atomic mass is 10.0. The zero-order valence-corrected chi connectivity index (χ0v) is 60.9. The summed E-state index contributed by atoms with van der Waals surface area (Å²) in [4.78, 5) is 154. The number of aromatic nitrogens is 1. The average molecular weight is 1460 g/mol. The van der Waals surface area contributed by atoms with Crippen LogP contribution in [-0.2, 0) is 84.5 Å². The number of primary amides is 1. The molecule has 1 aliphatic heterocycles. The van der Waals surface area contributed by atoms with E-state index < -0.39 is 109 Å². The molecule has 1 aromatic heterocycles. The molecule has 4 rings (SSSR count). The highest BCUT2D eigenvalue weighted by Gasteiger charge is 2.35. The monoisotopic (exact) mass is 1460 g/mol. The van der Waals surface area contributed by atoms with Gasteiger partial charge in [0.1, 0.15) is 55.5 Å². The molecule has 0 radical (unpaired) electrons. The van der Waals surface area contributed by atoms with Crippen LogP contribution >= 0.6 is 0 Å². The van der Waals surface area contributed by atoms with Gasteiger partial charge in [-0.1, -0.05) is 139 Å². The molecule has 2 heterocycles. The number of nitrogens with two attached hydrogens (primary N) is 2. The summed E-state index contributed by atoms with van der Waals surface area (Å²) in [6.45, 7) is 4.19. The van der Waals surface area contributed by atoms with Crippen LogP contribution in [0, 0.1) is 5.41 Å². The van der Waals surface area contributed by atoms with E-state index in [1.165, 1.54) is 51.4 Å². The first kappa shape index (κ1) is 87.6. The van der Waals surface area contributed by atoms with Gasteiger partial charge in [0.2, 0.25) is 65.0 Å². The number of guanidine groups is 1.